The maximum Gasteiger partial charge on any atom is 0.272 e. The van der Waals surface area contributed by atoms with Gasteiger partial charge in [0.05, 0.1) is 16.2 Å². The Labute approximate surface area is 189 Å². The summed E-state index contributed by atoms with van der Waals surface area (Å²) in [4.78, 5) is 13.8. The van der Waals surface area contributed by atoms with E-state index >= 15 is 0 Å². The van der Waals surface area contributed by atoms with Crippen LogP contribution in [-0.4, -0.2) is 56.4 Å². The first-order chi connectivity index (χ1) is 15.3. The Bertz CT molecular complexity index is 1160. The van der Waals surface area contributed by atoms with Crippen LogP contribution in [0.15, 0.2) is 18.3 Å². The Morgan fingerprint density at radius 3 is 2.88 bits per heavy atom. The summed E-state index contributed by atoms with van der Waals surface area (Å²) in [5.41, 5.74) is 3.90. The number of aryl methyl sites for hydroxylation is 2. The lowest BCUT2D eigenvalue weighted by Crippen LogP contribution is -2.37. The molecule has 1 aromatic carbocycles. The van der Waals surface area contributed by atoms with Gasteiger partial charge >= 0.3 is 0 Å². The second kappa shape index (κ2) is 9.07. The second-order valence-electron chi connectivity index (χ2n) is 7.83. The van der Waals surface area contributed by atoms with Gasteiger partial charge in [-0.25, -0.2) is 8.78 Å². The normalized spacial score (nSPS) is 13.8. The zero-order chi connectivity index (χ0) is 23.0. The Kier molecular flexibility index (Phi) is 6.39. The van der Waals surface area contributed by atoms with Crippen molar-refractivity contribution < 1.29 is 23.4 Å². The number of carbonyl (C=O) groups excluding carboxylic acids is 1. The molecule has 2 aromatic heterocycles. The van der Waals surface area contributed by atoms with Crippen molar-refractivity contribution in [3.8, 4) is 17.0 Å². The van der Waals surface area contributed by atoms with Gasteiger partial charge in [0.15, 0.2) is 5.75 Å². The molecule has 1 amide bonds. The number of hydrogen-bond donors (Lipinski definition) is 1. The lowest BCUT2D eigenvalue weighted by molar-refractivity contribution is -0.135. The van der Waals surface area contributed by atoms with E-state index in [0.29, 0.717) is 30.7 Å². The van der Waals surface area contributed by atoms with Crippen LogP contribution in [0.4, 0.5) is 8.78 Å². The Morgan fingerprint density at radius 2 is 2.19 bits per heavy atom. The quantitative estimate of drug-likeness (QED) is 0.577. The maximum absolute atomic E-state index is 12.9. The van der Waals surface area contributed by atoms with Gasteiger partial charge in [-0.1, -0.05) is 18.5 Å². The number of hydrogen-bond acceptors (Lipinski definition) is 4. The first-order valence-corrected chi connectivity index (χ1v) is 10.9. The predicted molar refractivity (Wildman–Crippen MR) is 117 cm³/mol. The van der Waals surface area contributed by atoms with Crippen LogP contribution in [-0.2, 0) is 31.4 Å². The minimum atomic E-state index is -2.64. The molecule has 7 nitrogen and oxygen atoms in total. The molecule has 1 N–H and O–H groups in total. The first-order valence-electron chi connectivity index (χ1n) is 10.5. The topological polar surface area (TPSA) is 72.5 Å². The maximum atomic E-state index is 12.9. The van der Waals surface area contributed by atoms with Gasteiger partial charge in [-0.15, -0.1) is 0 Å². The van der Waals surface area contributed by atoms with E-state index in [2.05, 4.69) is 12.0 Å². The van der Waals surface area contributed by atoms with Crippen LogP contribution < -0.4 is 4.74 Å². The fraction of sp³-hybridized carbons (Fsp3) is 0.455. The lowest BCUT2D eigenvalue weighted by atomic mass is 9.98. The molecule has 0 saturated heterocycles. The number of carbonyl (C=O) groups is 1. The molecule has 0 saturated carbocycles. The van der Waals surface area contributed by atoms with E-state index in [1.165, 1.54) is 0 Å². The van der Waals surface area contributed by atoms with Gasteiger partial charge < -0.3 is 19.3 Å². The molecule has 0 fully saturated rings. The highest BCUT2D eigenvalue weighted by atomic mass is 35.5. The second-order valence-corrected chi connectivity index (χ2v) is 8.24. The molecule has 0 aliphatic carbocycles. The van der Waals surface area contributed by atoms with Crippen LogP contribution in [0.3, 0.4) is 0 Å². The van der Waals surface area contributed by atoms with Crippen molar-refractivity contribution >= 4 is 28.4 Å². The first kappa shape index (κ1) is 22.5. The minimum absolute atomic E-state index is 0.190. The predicted octanol–water partition coefficient (Wildman–Crippen LogP) is 3.63. The highest BCUT2D eigenvalue weighted by Gasteiger charge is 2.30. The smallest absolute Gasteiger partial charge is 0.272 e. The van der Waals surface area contributed by atoms with E-state index in [0.717, 1.165) is 35.2 Å². The molecule has 0 bridgehead atoms. The van der Waals surface area contributed by atoms with Crippen molar-refractivity contribution in [1.29, 1.82) is 0 Å². The standard InChI is InChI=1S/C22H25ClF2N4O3/c1-3-6-29-8-4-16(26-29)13-9-15(23)22(32-12-18(24)25)21-20(13)14-10-28(19(31)11-30)7-5-17(14)27(21)2/h4,8-9,18,30H,3,5-7,10-12H2,1-2H3. The average Bonchev–Trinajstić information content (AvgIpc) is 3.35. The van der Waals surface area contributed by atoms with Gasteiger partial charge in [-0.3, -0.25) is 9.48 Å². The number of aliphatic hydroxyl groups excluding tert-OH is 1. The van der Waals surface area contributed by atoms with Crippen molar-refractivity contribution in [2.45, 2.75) is 39.3 Å². The van der Waals surface area contributed by atoms with Crippen LogP contribution in [0.25, 0.3) is 22.2 Å². The summed E-state index contributed by atoms with van der Waals surface area (Å²) in [5.74, 6) is -0.166. The van der Waals surface area contributed by atoms with Gasteiger partial charge in [-0.05, 0) is 18.6 Å². The van der Waals surface area contributed by atoms with Gasteiger partial charge in [0.1, 0.15) is 13.2 Å². The van der Waals surface area contributed by atoms with E-state index in [9.17, 15) is 18.7 Å². The highest BCUT2D eigenvalue weighted by molar-refractivity contribution is 6.34. The highest BCUT2D eigenvalue weighted by Crippen LogP contribution is 2.45. The molecule has 4 rings (SSSR count). The molecule has 3 heterocycles. The molecular weight excluding hydrogens is 442 g/mol. The van der Waals surface area contributed by atoms with Gasteiger partial charge in [0.2, 0.25) is 5.91 Å². The van der Waals surface area contributed by atoms with Crippen LogP contribution in [0, 0.1) is 0 Å². The molecule has 32 heavy (non-hydrogen) atoms. The summed E-state index contributed by atoms with van der Waals surface area (Å²) in [6.45, 7) is 2.24. The van der Waals surface area contributed by atoms with Gasteiger partial charge in [0, 0.05) is 61.5 Å². The number of fused-ring (bicyclic) bond motifs is 3. The molecule has 172 valence electrons. The molecule has 1 aliphatic heterocycles. The molecular formula is C22H25ClF2N4O3. The number of ether oxygens (including phenoxy) is 1. The molecule has 0 unspecified atom stereocenters. The van der Waals surface area contributed by atoms with Crippen LogP contribution >= 0.6 is 11.6 Å². The van der Waals surface area contributed by atoms with E-state index in [4.69, 9.17) is 16.3 Å². The average molecular weight is 467 g/mol. The van der Waals surface area contributed by atoms with Crippen molar-refractivity contribution in [1.82, 2.24) is 19.2 Å². The Hall–Kier alpha value is -2.65. The van der Waals surface area contributed by atoms with Crippen molar-refractivity contribution in [3.63, 3.8) is 0 Å². The summed E-state index contributed by atoms with van der Waals surface area (Å²) in [6.07, 6.45) is 0.730. The summed E-state index contributed by atoms with van der Waals surface area (Å²) in [6, 6.07) is 3.58. The molecule has 0 atom stereocenters. The number of nitrogens with zero attached hydrogens (tertiary/aromatic N) is 4. The van der Waals surface area contributed by atoms with E-state index in [1.807, 2.05) is 28.6 Å². The number of aromatic nitrogens is 3. The number of amides is 1. The fourth-order valence-electron chi connectivity index (χ4n) is 4.38. The van der Waals surface area contributed by atoms with Gasteiger partial charge in [0.25, 0.3) is 6.43 Å². The monoisotopic (exact) mass is 466 g/mol. The van der Waals surface area contributed by atoms with Crippen LogP contribution in [0.2, 0.25) is 5.02 Å². The van der Waals surface area contributed by atoms with Crippen molar-refractivity contribution in [2.24, 2.45) is 7.05 Å². The SMILES string of the molecule is CCCn1ccc(-c2cc(Cl)c(OCC(F)F)c3c2c2c(n3C)CCN(C(=O)CO)C2)n1. The van der Waals surface area contributed by atoms with Crippen LogP contribution in [0.1, 0.15) is 24.6 Å². The van der Waals surface area contributed by atoms with E-state index < -0.39 is 19.6 Å². The number of rotatable bonds is 7. The summed E-state index contributed by atoms with van der Waals surface area (Å²) in [5, 5.41) is 15.0. The third-order valence-corrected chi connectivity index (χ3v) is 6.06. The van der Waals surface area contributed by atoms with Crippen molar-refractivity contribution in [3.05, 3.63) is 34.6 Å². The third-order valence-electron chi connectivity index (χ3n) is 5.78. The van der Waals surface area contributed by atoms with Crippen molar-refractivity contribution in [2.75, 3.05) is 19.8 Å². The number of alkyl halides is 2. The Morgan fingerprint density at radius 1 is 1.41 bits per heavy atom. The summed E-state index contributed by atoms with van der Waals surface area (Å²) >= 11 is 6.53. The molecule has 1 aliphatic rings. The summed E-state index contributed by atoms with van der Waals surface area (Å²) < 4.78 is 35.0. The lowest BCUT2D eigenvalue weighted by Gasteiger charge is -2.27. The molecule has 10 heteroatoms. The number of halogens is 3. The largest absolute Gasteiger partial charge is 0.484 e. The van der Waals surface area contributed by atoms with Crippen LogP contribution in [0.5, 0.6) is 5.75 Å². The molecule has 0 radical (unpaired) electrons. The molecule has 0 spiro atoms. The zero-order valence-corrected chi connectivity index (χ0v) is 18.7. The molecule has 3 aromatic rings. The Balaban J connectivity index is 1.95. The van der Waals surface area contributed by atoms with Gasteiger partial charge in [-0.2, -0.15) is 5.10 Å². The fourth-order valence-corrected chi connectivity index (χ4v) is 4.64. The van der Waals surface area contributed by atoms with E-state index in [-0.39, 0.29) is 16.7 Å². The zero-order valence-electron chi connectivity index (χ0n) is 17.9. The number of benzene rings is 1. The third kappa shape index (κ3) is 3.95. The summed E-state index contributed by atoms with van der Waals surface area (Å²) in [7, 11) is 1.84. The van der Waals surface area contributed by atoms with E-state index in [1.54, 1.807) is 11.0 Å². The number of aliphatic hydroxyl groups is 1. The minimum Gasteiger partial charge on any atom is -0.484 e.